The molecule has 0 aliphatic heterocycles. The van der Waals surface area contributed by atoms with Crippen LogP contribution < -0.4 is 15.6 Å². The lowest BCUT2D eigenvalue weighted by atomic mass is 9.96. The maximum Gasteiger partial charge on any atom is 0.258 e. The monoisotopic (exact) mass is 594 g/mol. The van der Waals surface area contributed by atoms with E-state index in [9.17, 15) is 18.0 Å². The first kappa shape index (κ1) is 28.8. The molecule has 1 aliphatic rings. The van der Waals surface area contributed by atoms with Crippen molar-refractivity contribution < 1.29 is 17.9 Å². The van der Waals surface area contributed by atoms with Crippen molar-refractivity contribution in [2.75, 3.05) is 12.4 Å². The van der Waals surface area contributed by atoms with Crippen molar-refractivity contribution in [3.63, 3.8) is 0 Å². The second-order valence-corrected chi connectivity index (χ2v) is 12.6. The van der Waals surface area contributed by atoms with Gasteiger partial charge in [-0.15, -0.1) is 0 Å². The highest BCUT2D eigenvalue weighted by Crippen LogP contribution is 2.35. The maximum absolute atomic E-state index is 13.6. The number of carbonyl (C=O) groups is 1. The first-order valence-corrected chi connectivity index (χ1v) is 15.3. The molecule has 1 unspecified atom stereocenters. The Hall–Kier alpha value is -3.73. The molecular weight excluding hydrogens is 564 g/mol. The first-order chi connectivity index (χ1) is 19.6. The molecule has 1 aliphatic carbocycles. The van der Waals surface area contributed by atoms with E-state index < -0.39 is 21.8 Å². The van der Waals surface area contributed by atoms with E-state index in [2.05, 4.69) is 15.3 Å². The van der Waals surface area contributed by atoms with Crippen molar-refractivity contribution in [1.29, 1.82) is 0 Å². The summed E-state index contributed by atoms with van der Waals surface area (Å²) in [6.45, 7) is 1.61. The van der Waals surface area contributed by atoms with Crippen molar-refractivity contribution >= 4 is 44.1 Å². The predicted molar refractivity (Wildman–Crippen MR) is 159 cm³/mol. The highest BCUT2D eigenvalue weighted by Gasteiger charge is 2.30. The van der Waals surface area contributed by atoms with Gasteiger partial charge in [0.05, 0.1) is 27.4 Å². The number of para-hydroxylation sites is 1. The largest absolute Gasteiger partial charge is 0.455 e. The van der Waals surface area contributed by atoms with Crippen molar-refractivity contribution in [2.45, 2.75) is 55.9 Å². The Kier molecular flexibility index (Phi) is 8.44. The number of benzene rings is 3. The molecule has 1 heterocycles. The number of H-pyrrole nitrogens is 1. The molecule has 0 radical (unpaired) electrons. The standard InChI is InChI=1S/C30H31ClN4O5S/c1-19(28-32-25-11-7-6-10-24(25)30(37)34-28)29(36)33-26-18-23(41(38,39)35(2)21-8-4-3-5-9-21)16-17-27(26)40-22-14-12-20(31)13-15-22/h6-7,10-19,21H,3-5,8-9H2,1-2H3,(H,33,36)(H,32,34,37). The summed E-state index contributed by atoms with van der Waals surface area (Å²) >= 11 is 6.00. The molecule has 41 heavy (non-hydrogen) atoms. The Morgan fingerprint density at radius 2 is 1.78 bits per heavy atom. The Balaban J connectivity index is 1.48. The average Bonchev–Trinajstić information content (AvgIpc) is 2.98. The molecule has 0 bridgehead atoms. The Morgan fingerprint density at radius 1 is 1.07 bits per heavy atom. The number of carbonyl (C=O) groups excluding carboxylic acids is 1. The molecule has 1 amide bonds. The van der Waals surface area contributed by atoms with Gasteiger partial charge in [-0.3, -0.25) is 9.59 Å². The number of nitrogens with zero attached hydrogens (tertiary/aromatic N) is 2. The van der Waals surface area contributed by atoms with Gasteiger partial charge in [-0.2, -0.15) is 4.31 Å². The van der Waals surface area contributed by atoms with Gasteiger partial charge in [0.25, 0.3) is 5.56 Å². The highest BCUT2D eigenvalue weighted by molar-refractivity contribution is 7.89. The third-order valence-electron chi connectivity index (χ3n) is 7.45. The second kappa shape index (κ2) is 12.0. The van der Waals surface area contributed by atoms with Crippen LogP contribution in [0.4, 0.5) is 5.69 Å². The fourth-order valence-electron chi connectivity index (χ4n) is 4.97. The van der Waals surface area contributed by atoms with Crippen LogP contribution in [0.2, 0.25) is 5.02 Å². The molecule has 1 saturated carbocycles. The van der Waals surface area contributed by atoms with Crippen LogP contribution in [0, 0.1) is 0 Å². The zero-order valence-corrected chi connectivity index (χ0v) is 24.3. The lowest BCUT2D eigenvalue weighted by Crippen LogP contribution is -2.38. The van der Waals surface area contributed by atoms with Gasteiger partial charge in [0.2, 0.25) is 15.9 Å². The van der Waals surface area contributed by atoms with Crippen LogP contribution in [0.15, 0.2) is 76.4 Å². The van der Waals surface area contributed by atoms with E-state index in [-0.39, 0.29) is 33.8 Å². The number of aromatic nitrogens is 2. The summed E-state index contributed by atoms with van der Waals surface area (Å²) in [6.07, 6.45) is 4.70. The van der Waals surface area contributed by atoms with Gasteiger partial charge in [-0.05, 0) is 74.4 Å². The molecule has 2 N–H and O–H groups in total. The van der Waals surface area contributed by atoms with Crippen molar-refractivity contribution in [3.8, 4) is 11.5 Å². The van der Waals surface area contributed by atoms with E-state index in [0.29, 0.717) is 21.7 Å². The van der Waals surface area contributed by atoms with Gasteiger partial charge in [0.15, 0.2) is 5.75 Å². The smallest absolute Gasteiger partial charge is 0.258 e. The topological polar surface area (TPSA) is 121 Å². The van der Waals surface area contributed by atoms with Gasteiger partial charge in [-0.25, -0.2) is 13.4 Å². The van der Waals surface area contributed by atoms with Crippen LogP contribution >= 0.6 is 11.6 Å². The van der Waals surface area contributed by atoms with Gasteiger partial charge in [0, 0.05) is 18.1 Å². The number of amides is 1. The van der Waals surface area contributed by atoms with Crippen LogP contribution in [0.5, 0.6) is 11.5 Å². The summed E-state index contributed by atoms with van der Waals surface area (Å²) in [6, 6.07) is 17.9. The summed E-state index contributed by atoms with van der Waals surface area (Å²) in [5.41, 5.74) is 0.283. The van der Waals surface area contributed by atoms with Gasteiger partial charge < -0.3 is 15.0 Å². The molecule has 0 spiro atoms. The maximum atomic E-state index is 13.6. The Bertz CT molecular complexity index is 1730. The lowest BCUT2D eigenvalue weighted by molar-refractivity contribution is -0.117. The van der Waals surface area contributed by atoms with Gasteiger partial charge in [0.1, 0.15) is 11.6 Å². The number of sulfonamides is 1. The quantitative estimate of drug-likeness (QED) is 0.256. The van der Waals surface area contributed by atoms with Crippen LogP contribution in [-0.4, -0.2) is 41.7 Å². The SMILES string of the molecule is CC(C(=O)Nc1cc(S(=O)(=O)N(C)C2CCCCC2)ccc1Oc1ccc(Cl)cc1)c1nc2ccccc2c(=O)[nH]1. The molecule has 5 rings (SSSR count). The second-order valence-electron chi connectivity index (χ2n) is 10.2. The van der Waals surface area contributed by atoms with E-state index in [0.717, 1.165) is 32.1 Å². The normalized spacial score (nSPS) is 15.1. The van der Waals surface area contributed by atoms with Crippen LogP contribution in [-0.2, 0) is 14.8 Å². The number of aromatic amines is 1. The third-order valence-corrected chi connectivity index (χ3v) is 9.61. The Morgan fingerprint density at radius 3 is 2.51 bits per heavy atom. The fraction of sp³-hybridized carbons (Fsp3) is 0.300. The molecule has 3 aromatic carbocycles. The van der Waals surface area contributed by atoms with E-state index in [1.165, 1.54) is 22.5 Å². The highest BCUT2D eigenvalue weighted by atomic mass is 35.5. The van der Waals surface area contributed by atoms with E-state index in [1.54, 1.807) is 62.5 Å². The van der Waals surface area contributed by atoms with E-state index >= 15 is 0 Å². The third kappa shape index (κ3) is 6.29. The first-order valence-electron chi connectivity index (χ1n) is 13.5. The van der Waals surface area contributed by atoms with Crippen LogP contribution in [0.3, 0.4) is 0 Å². The number of nitrogens with one attached hydrogen (secondary N) is 2. The van der Waals surface area contributed by atoms with Crippen LogP contribution in [0.1, 0.15) is 50.8 Å². The average molecular weight is 595 g/mol. The van der Waals surface area contributed by atoms with Gasteiger partial charge in [-0.1, -0.05) is 43.0 Å². The summed E-state index contributed by atoms with van der Waals surface area (Å²) in [7, 11) is -2.24. The molecule has 11 heteroatoms. The zero-order chi connectivity index (χ0) is 29.1. The molecule has 9 nitrogen and oxygen atoms in total. The summed E-state index contributed by atoms with van der Waals surface area (Å²) in [5, 5.41) is 3.75. The lowest BCUT2D eigenvalue weighted by Gasteiger charge is -2.30. The molecule has 214 valence electrons. The predicted octanol–water partition coefficient (Wildman–Crippen LogP) is 6.06. The fourth-order valence-corrected chi connectivity index (χ4v) is 6.54. The van der Waals surface area contributed by atoms with Crippen molar-refractivity contribution in [1.82, 2.24) is 14.3 Å². The molecule has 0 saturated heterocycles. The number of halogens is 1. The molecule has 1 atom stereocenters. The summed E-state index contributed by atoms with van der Waals surface area (Å²) in [5.74, 6) is -0.479. The molecule has 1 fully saturated rings. The minimum atomic E-state index is -3.85. The summed E-state index contributed by atoms with van der Waals surface area (Å²) in [4.78, 5) is 33.2. The van der Waals surface area contributed by atoms with Crippen LogP contribution in [0.25, 0.3) is 10.9 Å². The number of ether oxygens (including phenoxy) is 1. The number of rotatable bonds is 8. The minimum Gasteiger partial charge on any atom is -0.455 e. The zero-order valence-electron chi connectivity index (χ0n) is 22.8. The molecular formula is C30H31ClN4O5S. The molecule has 4 aromatic rings. The summed E-state index contributed by atoms with van der Waals surface area (Å²) < 4.78 is 34.7. The number of anilines is 1. The minimum absolute atomic E-state index is 0.0363. The van der Waals surface area contributed by atoms with Crippen molar-refractivity contribution in [3.05, 3.63) is 87.9 Å². The Labute approximate surface area is 243 Å². The van der Waals surface area contributed by atoms with Gasteiger partial charge >= 0.3 is 0 Å². The number of hydrogen-bond donors (Lipinski definition) is 2. The number of hydrogen-bond acceptors (Lipinski definition) is 6. The van der Waals surface area contributed by atoms with E-state index in [4.69, 9.17) is 16.3 Å². The molecule has 1 aromatic heterocycles. The van der Waals surface area contributed by atoms with Crippen molar-refractivity contribution in [2.24, 2.45) is 0 Å². The van der Waals surface area contributed by atoms with E-state index in [1.807, 2.05) is 0 Å². The number of fused-ring (bicyclic) bond motifs is 1.